The molecule has 2 N–H and O–H groups in total. The first-order valence-electron chi connectivity index (χ1n) is 10.1. The highest BCUT2D eigenvalue weighted by Gasteiger charge is 2.39. The molecule has 28 heavy (non-hydrogen) atoms. The van der Waals surface area contributed by atoms with Crippen LogP contribution in [-0.4, -0.2) is 43.2 Å². The summed E-state index contributed by atoms with van der Waals surface area (Å²) in [6.07, 6.45) is 5.30. The molecule has 2 aliphatic rings. The molecule has 5 nitrogen and oxygen atoms in total. The van der Waals surface area contributed by atoms with E-state index in [0.717, 1.165) is 42.2 Å². The lowest BCUT2D eigenvalue weighted by atomic mass is 10.1. The van der Waals surface area contributed by atoms with Gasteiger partial charge in [0.25, 0.3) is 0 Å². The fourth-order valence-corrected chi connectivity index (χ4v) is 4.14. The van der Waals surface area contributed by atoms with E-state index in [1.54, 1.807) is 0 Å². The lowest BCUT2D eigenvalue weighted by Crippen LogP contribution is -2.49. The Hall–Kier alpha value is -2.08. The Morgan fingerprint density at radius 2 is 1.86 bits per heavy atom. The molecule has 2 fully saturated rings. The van der Waals surface area contributed by atoms with E-state index < -0.39 is 0 Å². The van der Waals surface area contributed by atoms with Gasteiger partial charge in [0.2, 0.25) is 0 Å². The second-order valence-corrected chi connectivity index (χ2v) is 8.73. The van der Waals surface area contributed by atoms with Crippen LogP contribution in [0.2, 0.25) is 0 Å². The Balaban J connectivity index is 1.25. The topological polar surface area (TPSA) is 52.6 Å². The molecule has 1 aromatic carbocycles. The molecule has 1 aliphatic heterocycles. The van der Waals surface area contributed by atoms with Gasteiger partial charge in [-0.25, -0.2) is 4.98 Å². The first-order valence-corrected chi connectivity index (χ1v) is 10.8. The number of halogens is 1. The summed E-state index contributed by atoms with van der Waals surface area (Å²) in [5.74, 6) is 2.60. The number of aryl methyl sites for hydroxylation is 1. The largest absolute Gasteiger partial charge is 0.356 e. The molecule has 0 spiro atoms. The number of nitrogens with one attached hydrogen (secondary N) is 2. The maximum atomic E-state index is 4.56. The second-order valence-electron chi connectivity index (χ2n) is 7.82. The first-order chi connectivity index (χ1) is 13.6. The fraction of sp³-hybridized carbons (Fsp3) is 0.455. The quantitative estimate of drug-likeness (QED) is 0.558. The van der Waals surface area contributed by atoms with E-state index in [1.165, 1.54) is 17.5 Å². The Kier molecular flexibility index (Phi) is 5.85. The summed E-state index contributed by atoms with van der Waals surface area (Å²) >= 11 is 3.51. The molecule has 2 heterocycles. The smallest absolute Gasteiger partial charge is 0.191 e. The van der Waals surface area contributed by atoms with Gasteiger partial charge >= 0.3 is 0 Å². The van der Waals surface area contributed by atoms with Crippen LogP contribution in [0.5, 0.6) is 0 Å². The maximum Gasteiger partial charge on any atom is 0.191 e. The van der Waals surface area contributed by atoms with Gasteiger partial charge in [-0.3, -0.25) is 4.99 Å². The lowest BCUT2D eigenvalue weighted by Gasteiger charge is -2.33. The molecule has 6 heteroatoms. The summed E-state index contributed by atoms with van der Waals surface area (Å²) in [6, 6.07) is 13.8. The lowest BCUT2D eigenvalue weighted by molar-refractivity contribution is 0.459. The van der Waals surface area contributed by atoms with Crippen LogP contribution in [0, 0.1) is 6.92 Å². The minimum Gasteiger partial charge on any atom is -0.356 e. The van der Waals surface area contributed by atoms with Crippen molar-refractivity contribution in [3.63, 3.8) is 0 Å². The molecule has 2 unspecified atom stereocenters. The van der Waals surface area contributed by atoms with Gasteiger partial charge in [0.1, 0.15) is 5.82 Å². The van der Waals surface area contributed by atoms with Gasteiger partial charge in [0.05, 0.1) is 0 Å². The number of piperidine rings is 1. The first kappa shape index (κ1) is 19.2. The molecule has 1 saturated heterocycles. The van der Waals surface area contributed by atoms with E-state index in [4.69, 9.17) is 0 Å². The molecular weight excluding hydrogens is 414 g/mol. The highest BCUT2D eigenvalue weighted by molar-refractivity contribution is 9.10. The number of aliphatic imine (C=N–C) groups is 1. The van der Waals surface area contributed by atoms with E-state index in [1.807, 2.05) is 13.2 Å². The van der Waals surface area contributed by atoms with Crippen molar-refractivity contribution in [2.24, 2.45) is 4.99 Å². The second kappa shape index (κ2) is 8.52. The van der Waals surface area contributed by atoms with Gasteiger partial charge in [-0.2, -0.15) is 0 Å². The molecule has 148 valence electrons. The zero-order valence-electron chi connectivity index (χ0n) is 16.5. The number of benzene rings is 1. The molecule has 2 atom stereocenters. The van der Waals surface area contributed by atoms with E-state index in [2.05, 4.69) is 84.8 Å². The van der Waals surface area contributed by atoms with Crippen molar-refractivity contribution in [2.45, 2.75) is 44.2 Å². The summed E-state index contributed by atoms with van der Waals surface area (Å²) in [7, 11) is 1.86. The Morgan fingerprint density at radius 3 is 2.50 bits per heavy atom. The minimum atomic E-state index is 0.456. The van der Waals surface area contributed by atoms with Crippen LogP contribution >= 0.6 is 15.9 Å². The maximum absolute atomic E-state index is 4.56. The zero-order chi connectivity index (χ0) is 19.5. The van der Waals surface area contributed by atoms with E-state index >= 15 is 0 Å². The summed E-state index contributed by atoms with van der Waals surface area (Å²) in [5, 5.41) is 7.22. The highest BCUT2D eigenvalue weighted by atomic mass is 79.9. The Bertz CT molecular complexity index is 810. The predicted molar refractivity (Wildman–Crippen MR) is 119 cm³/mol. The molecule has 1 aromatic heterocycles. The number of rotatable bonds is 4. The van der Waals surface area contributed by atoms with E-state index in [0.29, 0.717) is 18.0 Å². The summed E-state index contributed by atoms with van der Waals surface area (Å²) < 4.78 is 1.13. The van der Waals surface area contributed by atoms with E-state index in [9.17, 15) is 0 Å². The van der Waals surface area contributed by atoms with Crippen molar-refractivity contribution in [1.82, 2.24) is 15.6 Å². The summed E-state index contributed by atoms with van der Waals surface area (Å²) in [6.45, 7) is 4.12. The van der Waals surface area contributed by atoms with Crippen LogP contribution < -0.4 is 15.5 Å². The molecular formula is C22H28BrN5. The number of aromatic nitrogens is 1. The molecule has 2 aromatic rings. The molecule has 0 amide bonds. The van der Waals surface area contributed by atoms with Crippen LogP contribution in [0.1, 0.15) is 36.3 Å². The normalized spacial score (nSPS) is 22.8. The van der Waals surface area contributed by atoms with E-state index in [-0.39, 0.29) is 0 Å². The molecule has 1 aliphatic carbocycles. The van der Waals surface area contributed by atoms with Gasteiger partial charge in [0.15, 0.2) is 5.96 Å². The zero-order valence-corrected chi connectivity index (χ0v) is 18.1. The van der Waals surface area contributed by atoms with Crippen LogP contribution in [-0.2, 0) is 0 Å². The third-order valence-electron chi connectivity index (χ3n) is 5.69. The Labute approximate surface area is 175 Å². The third kappa shape index (κ3) is 4.66. The van der Waals surface area contributed by atoms with Crippen molar-refractivity contribution in [3.8, 4) is 0 Å². The van der Waals surface area contributed by atoms with Crippen molar-refractivity contribution >= 4 is 27.7 Å². The van der Waals surface area contributed by atoms with Crippen molar-refractivity contribution in [2.75, 3.05) is 25.0 Å². The van der Waals surface area contributed by atoms with Crippen LogP contribution in [0.25, 0.3) is 0 Å². The Morgan fingerprint density at radius 1 is 1.11 bits per heavy atom. The molecule has 0 radical (unpaired) electrons. The van der Waals surface area contributed by atoms with Gasteiger partial charge in [0, 0.05) is 48.8 Å². The van der Waals surface area contributed by atoms with Crippen molar-refractivity contribution < 1.29 is 0 Å². The van der Waals surface area contributed by atoms with Gasteiger partial charge in [-0.15, -0.1) is 0 Å². The fourth-order valence-electron chi connectivity index (χ4n) is 3.87. The summed E-state index contributed by atoms with van der Waals surface area (Å²) in [5.41, 5.74) is 2.60. The predicted octanol–water partition coefficient (Wildman–Crippen LogP) is 3.84. The highest BCUT2D eigenvalue weighted by Crippen LogP contribution is 2.41. The van der Waals surface area contributed by atoms with Crippen molar-refractivity contribution in [1.29, 1.82) is 0 Å². The number of guanidine groups is 1. The SMILES string of the molecule is CN=C(NC1CCN(c2ccc(C)cn2)CC1)NC1CC1c1ccc(Br)cc1. The van der Waals surface area contributed by atoms with Crippen LogP contribution in [0.4, 0.5) is 5.82 Å². The number of pyridine rings is 1. The average Bonchev–Trinajstić information content (AvgIpc) is 3.48. The number of nitrogens with zero attached hydrogens (tertiary/aromatic N) is 3. The van der Waals surface area contributed by atoms with Gasteiger partial charge in [-0.1, -0.05) is 34.1 Å². The third-order valence-corrected chi connectivity index (χ3v) is 6.22. The number of hydrogen-bond donors (Lipinski definition) is 2. The van der Waals surface area contributed by atoms with Crippen LogP contribution in [0.15, 0.2) is 52.1 Å². The number of hydrogen-bond acceptors (Lipinski definition) is 3. The molecule has 4 rings (SSSR count). The summed E-state index contributed by atoms with van der Waals surface area (Å²) in [4.78, 5) is 11.4. The van der Waals surface area contributed by atoms with Crippen molar-refractivity contribution in [3.05, 3.63) is 58.2 Å². The monoisotopic (exact) mass is 441 g/mol. The molecule has 1 saturated carbocycles. The molecule has 0 bridgehead atoms. The standard InChI is InChI=1S/C22H28BrN5/c1-15-3-8-21(25-14-15)28-11-9-18(10-12-28)26-22(24-2)27-20-13-19(20)16-4-6-17(23)7-5-16/h3-8,14,18-20H,9-13H2,1-2H3,(H2,24,26,27). The average molecular weight is 442 g/mol. The minimum absolute atomic E-state index is 0.456. The van der Waals surface area contributed by atoms with Crippen LogP contribution in [0.3, 0.4) is 0 Å². The van der Waals surface area contributed by atoms with Gasteiger partial charge in [-0.05, 0) is 55.5 Å². The number of anilines is 1. The van der Waals surface area contributed by atoms with Gasteiger partial charge < -0.3 is 15.5 Å².